The van der Waals surface area contributed by atoms with Gasteiger partial charge < -0.3 is 24.3 Å². The number of nitrogens with zero attached hydrogens (tertiary/aromatic N) is 4. The molecule has 10 heteroatoms. The van der Waals surface area contributed by atoms with Gasteiger partial charge in [-0.3, -0.25) is 9.36 Å². The average Bonchev–Trinajstić information content (AvgIpc) is 3.15. The van der Waals surface area contributed by atoms with E-state index in [0.717, 1.165) is 16.7 Å². The second-order valence-electron chi connectivity index (χ2n) is 11.1. The van der Waals surface area contributed by atoms with Crippen LogP contribution in [0.5, 0.6) is 0 Å². The predicted octanol–water partition coefficient (Wildman–Crippen LogP) is 3.29. The Morgan fingerprint density at radius 3 is 2.49 bits per heavy atom. The van der Waals surface area contributed by atoms with Crippen LogP contribution in [-0.2, 0) is 23.0 Å². The highest BCUT2D eigenvalue weighted by Gasteiger charge is 2.33. The molecule has 2 atom stereocenters. The maximum atomic E-state index is 12.9. The molecule has 1 aliphatic rings. The first kappa shape index (κ1) is 27.9. The van der Waals surface area contributed by atoms with Gasteiger partial charge in [-0.25, -0.2) is 9.59 Å². The number of hydrogen-bond donors (Lipinski definition) is 1. The molecule has 0 aliphatic carbocycles. The molecular weight excluding hydrogens is 498 g/mol. The molecule has 0 spiro atoms. The number of nitriles is 1. The predicted molar refractivity (Wildman–Crippen MR) is 147 cm³/mol. The van der Waals surface area contributed by atoms with Crippen LogP contribution in [-0.4, -0.2) is 70.7 Å². The zero-order valence-electron chi connectivity index (χ0n) is 23.1. The summed E-state index contributed by atoms with van der Waals surface area (Å²) < 4.78 is 12.2. The summed E-state index contributed by atoms with van der Waals surface area (Å²) >= 11 is 0. The second kappa shape index (κ2) is 11.3. The van der Waals surface area contributed by atoms with Crippen molar-refractivity contribution in [2.45, 2.75) is 51.3 Å². The quantitative estimate of drug-likeness (QED) is 0.516. The number of benzene rings is 2. The van der Waals surface area contributed by atoms with Crippen molar-refractivity contribution in [3.63, 3.8) is 0 Å². The van der Waals surface area contributed by atoms with Crippen LogP contribution in [0.3, 0.4) is 0 Å². The van der Waals surface area contributed by atoms with Crippen molar-refractivity contribution in [3.05, 3.63) is 58.6 Å². The molecule has 2 aromatic carbocycles. The van der Waals surface area contributed by atoms with Crippen LogP contribution in [0.1, 0.15) is 32.8 Å². The summed E-state index contributed by atoms with van der Waals surface area (Å²) in [6.07, 6.45) is -0.00265. The lowest BCUT2D eigenvalue weighted by molar-refractivity contribution is -0.123. The van der Waals surface area contributed by atoms with E-state index in [4.69, 9.17) is 9.15 Å². The molecule has 0 bridgehead atoms. The van der Waals surface area contributed by atoms with Gasteiger partial charge in [0, 0.05) is 39.5 Å². The monoisotopic (exact) mass is 533 g/mol. The zero-order valence-corrected chi connectivity index (χ0v) is 23.1. The molecule has 2 heterocycles. The van der Waals surface area contributed by atoms with E-state index in [-0.39, 0.29) is 18.4 Å². The minimum atomic E-state index is -0.712. The molecule has 1 N–H and O–H groups in total. The summed E-state index contributed by atoms with van der Waals surface area (Å²) in [5, 5.41) is 12.5. The third-order valence-electron chi connectivity index (χ3n) is 6.74. The van der Waals surface area contributed by atoms with Crippen LogP contribution < -0.4 is 11.1 Å². The molecule has 2 amide bonds. The molecule has 10 nitrogen and oxygen atoms in total. The van der Waals surface area contributed by atoms with Crippen molar-refractivity contribution in [1.82, 2.24) is 19.7 Å². The molecule has 4 rings (SSSR count). The lowest BCUT2D eigenvalue weighted by atomic mass is 10.0. The number of piperazine rings is 1. The van der Waals surface area contributed by atoms with Crippen molar-refractivity contribution in [3.8, 4) is 17.2 Å². The van der Waals surface area contributed by atoms with Crippen LogP contribution in [0.25, 0.3) is 22.2 Å². The molecule has 1 aliphatic heterocycles. The van der Waals surface area contributed by atoms with Crippen LogP contribution in [0.2, 0.25) is 0 Å². The van der Waals surface area contributed by atoms with Gasteiger partial charge >= 0.3 is 11.8 Å². The Hall–Kier alpha value is -4.10. The van der Waals surface area contributed by atoms with E-state index in [2.05, 4.69) is 16.3 Å². The minimum Gasteiger partial charge on any atom is -0.444 e. The van der Waals surface area contributed by atoms with Gasteiger partial charge in [0.25, 0.3) is 0 Å². The molecule has 39 heavy (non-hydrogen) atoms. The first-order valence-corrected chi connectivity index (χ1v) is 13.0. The summed E-state index contributed by atoms with van der Waals surface area (Å²) in [6, 6.07) is 14.4. The van der Waals surface area contributed by atoms with Crippen LogP contribution in [0.4, 0.5) is 4.79 Å². The van der Waals surface area contributed by atoms with Crippen molar-refractivity contribution in [2.24, 2.45) is 7.05 Å². The standard InChI is InChI=1S/C29H35N5O5/c1-29(2,3)39-28(37)34-13-12-32(4)18-23(34)16-26(35)31-22(17-30)14-19-6-8-20(9-7-19)21-10-11-25-24(15-21)33(5)27(36)38-25/h6-11,15,22-23H,12-14,16,18H2,1-5H3,(H,31,35)/t22-,23?/m0/s1. The maximum Gasteiger partial charge on any atom is 0.419 e. The minimum absolute atomic E-state index is 0.0830. The lowest BCUT2D eigenvalue weighted by Crippen LogP contribution is -2.56. The van der Waals surface area contributed by atoms with Crippen LogP contribution in [0, 0.1) is 11.3 Å². The van der Waals surface area contributed by atoms with E-state index in [9.17, 15) is 19.6 Å². The molecule has 0 radical (unpaired) electrons. The number of rotatable bonds is 6. The highest BCUT2D eigenvalue weighted by molar-refractivity contribution is 5.81. The Kier molecular flexibility index (Phi) is 8.11. The van der Waals surface area contributed by atoms with Crippen molar-refractivity contribution in [1.29, 1.82) is 5.26 Å². The van der Waals surface area contributed by atoms with E-state index in [1.807, 2.05) is 64.2 Å². The first-order chi connectivity index (χ1) is 18.4. The third-order valence-corrected chi connectivity index (χ3v) is 6.74. The van der Waals surface area contributed by atoms with Gasteiger partial charge in [-0.1, -0.05) is 30.3 Å². The van der Waals surface area contributed by atoms with Crippen molar-refractivity contribution in [2.75, 3.05) is 26.7 Å². The van der Waals surface area contributed by atoms with Crippen molar-refractivity contribution < 1.29 is 18.7 Å². The number of fused-ring (bicyclic) bond motifs is 1. The van der Waals surface area contributed by atoms with Gasteiger partial charge in [0.1, 0.15) is 11.6 Å². The Balaban J connectivity index is 1.38. The van der Waals surface area contributed by atoms with Gasteiger partial charge in [-0.15, -0.1) is 0 Å². The normalized spacial score (nSPS) is 17.0. The number of aromatic nitrogens is 1. The Morgan fingerprint density at radius 1 is 1.13 bits per heavy atom. The Morgan fingerprint density at radius 2 is 1.82 bits per heavy atom. The number of oxazole rings is 1. The summed E-state index contributed by atoms with van der Waals surface area (Å²) in [4.78, 5) is 41.1. The fourth-order valence-electron chi connectivity index (χ4n) is 4.72. The molecule has 1 fully saturated rings. The average molecular weight is 534 g/mol. The lowest BCUT2D eigenvalue weighted by Gasteiger charge is -2.40. The number of hydrogen-bond acceptors (Lipinski definition) is 7. The Labute approximate surface area is 227 Å². The summed E-state index contributed by atoms with van der Waals surface area (Å²) in [6.45, 7) is 7.16. The van der Waals surface area contributed by atoms with Gasteiger partial charge in [0.2, 0.25) is 5.91 Å². The topological polar surface area (TPSA) is 121 Å². The Bertz CT molecular complexity index is 1440. The van der Waals surface area contributed by atoms with Gasteiger partial charge in [-0.05, 0) is 56.6 Å². The molecule has 0 saturated carbocycles. The largest absolute Gasteiger partial charge is 0.444 e. The molecule has 1 aromatic heterocycles. The summed E-state index contributed by atoms with van der Waals surface area (Å²) in [5.74, 6) is -0.693. The van der Waals surface area contributed by atoms with E-state index < -0.39 is 23.5 Å². The number of likely N-dealkylation sites (N-methyl/N-ethyl adjacent to an activating group) is 1. The van der Waals surface area contributed by atoms with E-state index in [1.165, 1.54) is 4.57 Å². The number of ether oxygens (including phenoxy) is 1. The van der Waals surface area contributed by atoms with Gasteiger partial charge in [0.05, 0.1) is 17.6 Å². The number of carbonyl (C=O) groups excluding carboxylic acids is 2. The fourth-order valence-corrected chi connectivity index (χ4v) is 4.72. The number of amides is 2. The summed E-state index contributed by atoms with van der Waals surface area (Å²) in [5.41, 5.74) is 3.40. The summed E-state index contributed by atoms with van der Waals surface area (Å²) in [7, 11) is 3.62. The SMILES string of the molecule is CN1CCN(C(=O)OC(C)(C)C)C(CC(=O)N[C@H](C#N)Cc2ccc(-c3ccc4oc(=O)n(C)c4c3)cc2)C1. The maximum absolute atomic E-state index is 12.9. The van der Waals surface area contributed by atoms with E-state index in [0.29, 0.717) is 37.2 Å². The smallest absolute Gasteiger partial charge is 0.419 e. The molecule has 1 saturated heterocycles. The molecule has 1 unspecified atom stereocenters. The van der Waals surface area contributed by atoms with Crippen LogP contribution >= 0.6 is 0 Å². The van der Waals surface area contributed by atoms with Gasteiger partial charge in [-0.2, -0.15) is 5.26 Å². The highest BCUT2D eigenvalue weighted by Crippen LogP contribution is 2.25. The second-order valence-corrected chi connectivity index (χ2v) is 11.1. The zero-order chi connectivity index (χ0) is 28.3. The third kappa shape index (κ3) is 6.86. The molecule has 3 aromatic rings. The number of aryl methyl sites for hydroxylation is 1. The van der Waals surface area contributed by atoms with E-state index in [1.54, 1.807) is 18.0 Å². The molecular formula is C29H35N5O5. The number of carbonyl (C=O) groups is 2. The van der Waals surface area contributed by atoms with Crippen LogP contribution in [0.15, 0.2) is 51.7 Å². The van der Waals surface area contributed by atoms with E-state index >= 15 is 0 Å². The van der Waals surface area contributed by atoms with Crippen molar-refractivity contribution >= 4 is 23.1 Å². The fraction of sp³-hybridized carbons (Fsp3) is 0.448. The highest BCUT2D eigenvalue weighted by atomic mass is 16.6. The van der Waals surface area contributed by atoms with Gasteiger partial charge in [0.15, 0.2) is 5.58 Å². The number of nitrogens with one attached hydrogen (secondary N) is 1. The first-order valence-electron chi connectivity index (χ1n) is 13.0. The molecule has 206 valence electrons.